The van der Waals surface area contributed by atoms with E-state index in [-0.39, 0.29) is 23.2 Å². The molecule has 29 heavy (non-hydrogen) atoms. The van der Waals surface area contributed by atoms with Gasteiger partial charge in [-0.15, -0.1) is 0 Å². The number of pyridine rings is 1. The van der Waals surface area contributed by atoms with Gasteiger partial charge in [0, 0.05) is 49.9 Å². The lowest BCUT2D eigenvalue weighted by Gasteiger charge is -2.23. The zero-order valence-corrected chi connectivity index (χ0v) is 17.1. The number of aryl methyl sites for hydroxylation is 2. The number of aromatic nitrogens is 5. The Morgan fingerprint density at radius 1 is 1.17 bits per heavy atom. The number of nitrogens with zero attached hydrogens (tertiary/aromatic N) is 6. The van der Waals surface area contributed by atoms with Crippen molar-refractivity contribution in [1.29, 1.82) is 0 Å². The largest absolute Gasteiger partial charge is 0.337 e. The molecular formula is C19H22N6O3S. The van der Waals surface area contributed by atoms with E-state index in [9.17, 15) is 13.2 Å². The predicted octanol–water partition coefficient (Wildman–Crippen LogP) is 1.20. The highest BCUT2D eigenvalue weighted by molar-refractivity contribution is 7.89. The van der Waals surface area contributed by atoms with E-state index >= 15 is 0 Å². The first-order chi connectivity index (χ1) is 13.9. The second-order valence-corrected chi connectivity index (χ2v) is 8.96. The van der Waals surface area contributed by atoms with Crippen LogP contribution in [0.4, 0.5) is 0 Å². The lowest BCUT2D eigenvalue weighted by Crippen LogP contribution is -2.40. The highest BCUT2D eigenvalue weighted by Gasteiger charge is 2.37. The first-order valence-electron chi connectivity index (χ1n) is 9.36. The Bertz CT molecular complexity index is 1170. The molecule has 0 radical (unpaired) electrons. The average Bonchev–Trinajstić information content (AvgIpc) is 3.32. The van der Waals surface area contributed by atoms with E-state index in [4.69, 9.17) is 0 Å². The minimum Gasteiger partial charge on any atom is -0.337 e. The summed E-state index contributed by atoms with van der Waals surface area (Å²) in [5.41, 5.74) is 1.22. The van der Waals surface area contributed by atoms with Gasteiger partial charge in [0.1, 0.15) is 5.82 Å². The SMILES string of the molecule is Cc1nc(S(=O)(=O)N2CCCC2Cn2nc(-c3ccncc3)ccc2=O)cn1C. The summed E-state index contributed by atoms with van der Waals surface area (Å²) in [5.74, 6) is 0.627. The fraction of sp³-hybridized carbons (Fsp3) is 0.368. The highest BCUT2D eigenvalue weighted by Crippen LogP contribution is 2.26. The number of imidazole rings is 1. The Labute approximate surface area is 168 Å². The molecule has 0 bridgehead atoms. The molecule has 1 unspecified atom stereocenters. The summed E-state index contributed by atoms with van der Waals surface area (Å²) in [6.45, 7) is 2.36. The summed E-state index contributed by atoms with van der Waals surface area (Å²) < 4.78 is 30.7. The molecule has 3 aromatic rings. The van der Waals surface area contributed by atoms with E-state index < -0.39 is 10.0 Å². The lowest BCUT2D eigenvalue weighted by molar-refractivity contribution is 0.335. The van der Waals surface area contributed by atoms with Crippen LogP contribution in [-0.4, -0.2) is 49.6 Å². The molecule has 4 rings (SSSR count). The summed E-state index contributed by atoms with van der Waals surface area (Å²) in [4.78, 5) is 20.5. The lowest BCUT2D eigenvalue weighted by atomic mass is 10.2. The van der Waals surface area contributed by atoms with Crippen LogP contribution in [0.2, 0.25) is 0 Å². The minimum atomic E-state index is -3.73. The van der Waals surface area contributed by atoms with Crippen molar-refractivity contribution in [3.05, 3.63) is 59.0 Å². The second-order valence-electron chi connectivity index (χ2n) is 7.12. The number of hydrogen-bond donors (Lipinski definition) is 0. The molecule has 1 atom stereocenters. The van der Waals surface area contributed by atoms with Crippen molar-refractivity contribution in [2.24, 2.45) is 7.05 Å². The predicted molar refractivity (Wildman–Crippen MR) is 107 cm³/mol. The first kappa shape index (κ1) is 19.5. The Morgan fingerprint density at radius 3 is 2.62 bits per heavy atom. The van der Waals surface area contributed by atoms with E-state index in [1.165, 1.54) is 21.3 Å². The van der Waals surface area contributed by atoms with Gasteiger partial charge < -0.3 is 4.57 Å². The van der Waals surface area contributed by atoms with Crippen molar-refractivity contribution in [3.8, 4) is 11.3 Å². The van der Waals surface area contributed by atoms with Crippen LogP contribution in [-0.2, 0) is 23.6 Å². The molecule has 1 aliphatic heterocycles. The molecule has 9 nitrogen and oxygen atoms in total. The van der Waals surface area contributed by atoms with Gasteiger partial charge in [0.25, 0.3) is 15.6 Å². The summed E-state index contributed by atoms with van der Waals surface area (Å²) >= 11 is 0. The second kappa shape index (κ2) is 7.53. The van der Waals surface area contributed by atoms with Gasteiger partial charge >= 0.3 is 0 Å². The van der Waals surface area contributed by atoms with Crippen molar-refractivity contribution in [1.82, 2.24) is 28.6 Å². The van der Waals surface area contributed by atoms with Crippen LogP contribution < -0.4 is 5.56 Å². The normalized spacial score (nSPS) is 17.7. The molecule has 1 fully saturated rings. The van der Waals surface area contributed by atoms with Crippen LogP contribution in [0.5, 0.6) is 0 Å². The van der Waals surface area contributed by atoms with Gasteiger partial charge in [-0.25, -0.2) is 18.1 Å². The van der Waals surface area contributed by atoms with Crippen molar-refractivity contribution >= 4 is 10.0 Å². The third-order valence-corrected chi connectivity index (χ3v) is 7.03. The van der Waals surface area contributed by atoms with Crippen LogP contribution >= 0.6 is 0 Å². The average molecular weight is 414 g/mol. The van der Waals surface area contributed by atoms with Gasteiger partial charge in [0.2, 0.25) is 0 Å². The maximum Gasteiger partial charge on any atom is 0.266 e. The Kier molecular flexibility index (Phi) is 5.05. The van der Waals surface area contributed by atoms with Gasteiger partial charge in [-0.05, 0) is 38.0 Å². The molecular weight excluding hydrogens is 392 g/mol. The van der Waals surface area contributed by atoms with Crippen molar-refractivity contribution in [2.45, 2.75) is 37.4 Å². The molecule has 0 amide bonds. The molecule has 0 saturated carbocycles. The summed E-state index contributed by atoms with van der Waals surface area (Å²) in [5, 5.41) is 4.49. The topological polar surface area (TPSA) is 103 Å². The molecule has 1 aliphatic rings. The fourth-order valence-corrected chi connectivity index (χ4v) is 5.25. The third kappa shape index (κ3) is 3.73. The summed E-state index contributed by atoms with van der Waals surface area (Å²) in [6, 6.07) is 6.40. The van der Waals surface area contributed by atoms with Crippen LogP contribution in [0.25, 0.3) is 11.3 Å². The number of rotatable bonds is 5. The van der Waals surface area contributed by atoms with Crippen LogP contribution in [0.15, 0.2) is 52.7 Å². The Hall–Kier alpha value is -2.85. The highest BCUT2D eigenvalue weighted by atomic mass is 32.2. The smallest absolute Gasteiger partial charge is 0.266 e. The van der Waals surface area contributed by atoms with Crippen molar-refractivity contribution < 1.29 is 8.42 Å². The maximum absolute atomic E-state index is 13.1. The minimum absolute atomic E-state index is 0.0373. The number of hydrogen-bond acceptors (Lipinski definition) is 6. The molecule has 0 spiro atoms. The summed E-state index contributed by atoms with van der Waals surface area (Å²) in [6.07, 6.45) is 6.24. The van der Waals surface area contributed by atoms with Gasteiger partial charge in [-0.3, -0.25) is 9.78 Å². The quantitative estimate of drug-likeness (QED) is 0.622. The molecule has 152 valence electrons. The van der Waals surface area contributed by atoms with E-state index in [0.717, 1.165) is 12.0 Å². The zero-order chi connectivity index (χ0) is 20.6. The fourth-order valence-electron chi connectivity index (χ4n) is 3.53. The van der Waals surface area contributed by atoms with E-state index in [1.54, 1.807) is 37.0 Å². The monoisotopic (exact) mass is 414 g/mol. The molecule has 10 heteroatoms. The standard InChI is InChI=1S/C19H22N6O3S/c1-14-21-18(13-23(14)2)29(27,28)25-11-3-4-16(25)12-24-19(26)6-5-17(22-24)15-7-9-20-10-8-15/h5-10,13,16H,3-4,11-12H2,1-2H3. The van der Waals surface area contributed by atoms with Gasteiger partial charge in [-0.2, -0.15) is 9.40 Å². The van der Waals surface area contributed by atoms with Crippen molar-refractivity contribution in [3.63, 3.8) is 0 Å². The summed E-state index contributed by atoms with van der Waals surface area (Å²) in [7, 11) is -1.97. The first-order valence-corrected chi connectivity index (χ1v) is 10.8. The van der Waals surface area contributed by atoms with E-state index in [2.05, 4.69) is 15.1 Å². The number of sulfonamides is 1. The zero-order valence-electron chi connectivity index (χ0n) is 16.3. The van der Waals surface area contributed by atoms with Gasteiger partial charge in [0.05, 0.1) is 12.2 Å². The van der Waals surface area contributed by atoms with Crippen LogP contribution in [0.3, 0.4) is 0 Å². The molecule has 0 aromatic carbocycles. The Balaban J connectivity index is 1.63. The molecule has 1 saturated heterocycles. The van der Waals surface area contributed by atoms with Crippen LogP contribution in [0.1, 0.15) is 18.7 Å². The third-order valence-electron chi connectivity index (χ3n) is 5.21. The van der Waals surface area contributed by atoms with Crippen molar-refractivity contribution in [2.75, 3.05) is 6.54 Å². The molecule has 0 N–H and O–H groups in total. The maximum atomic E-state index is 13.1. The van der Waals surface area contributed by atoms with Gasteiger partial charge in [-0.1, -0.05) is 0 Å². The molecule has 0 aliphatic carbocycles. The van der Waals surface area contributed by atoms with E-state index in [1.807, 2.05) is 12.1 Å². The van der Waals surface area contributed by atoms with E-state index in [0.29, 0.717) is 24.5 Å². The molecule has 3 aromatic heterocycles. The Morgan fingerprint density at radius 2 is 1.93 bits per heavy atom. The van der Waals surface area contributed by atoms with Gasteiger partial charge in [0.15, 0.2) is 5.03 Å². The molecule has 4 heterocycles. The van der Waals surface area contributed by atoms with Crippen LogP contribution in [0, 0.1) is 6.92 Å².